The molecule has 10 heteroatoms. The van der Waals surface area contributed by atoms with Crippen molar-refractivity contribution in [2.24, 2.45) is 0 Å². The van der Waals surface area contributed by atoms with Crippen LogP contribution in [0.2, 0.25) is 0 Å². The number of amides is 1. The zero-order valence-corrected chi connectivity index (χ0v) is 54.3. The van der Waals surface area contributed by atoms with E-state index in [1.165, 1.54) is 250 Å². The number of esters is 1. The third-order valence-corrected chi connectivity index (χ3v) is 16.5. The minimum absolute atomic E-state index is 0.0419. The molecule has 1 amide bonds. The second-order valence-corrected chi connectivity index (χ2v) is 26.1. The molecule has 0 radical (unpaired) electrons. The first kappa shape index (κ1) is 77.2. The Balaban J connectivity index is 5.02. The number of phosphoric ester groups is 1. The van der Waals surface area contributed by atoms with Crippen molar-refractivity contribution >= 4 is 19.7 Å². The van der Waals surface area contributed by atoms with Gasteiger partial charge in [0.1, 0.15) is 19.3 Å². The SMILES string of the molecule is CCCCCCCC/C=C/CCCCCCCCCCCCCCCCCC(=O)NC(COP(=O)(O)OCC[N+](C)(C)C)C(/C=C\CCCCCCCCCCC)OC(=O)CCCCCCCCC/C=C/CCCCCCCC. The van der Waals surface area contributed by atoms with E-state index in [4.69, 9.17) is 13.8 Å². The van der Waals surface area contributed by atoms with E-state index in [1.807, 2.05) is 33.3 Å². The van der Waals surface area contributed by atoms with Crippen molar-refractivity contribution in [3.8, 4) is 0 Å². The van der Waals surface area contributed by atoms with E-state index in [1.54, 1.807) is 0 Å². The van der Waals surface area contributed by atoms with Gasteiger partial charge in [-0.2, -0.15) is 0 Å². The first-order chi connectivity index (χ1) is 38.4. The van der Waals surface area contributed by atoms with E-state index in [0.717, 1.165) is 57.8 Å². The van der Waals surface area contributed by atoms with Crippen LogP contribution in [0.25, 0.3) is 0 Å². The number of likely N-dealkylation sites (N-methyl/N-ethyl adjacent to an activating group) is 1. The van der Waals surface area contributed by atoms with Crippen LogP contribution >= 0.6 is 7.82 Å². The zero-order valence-electron chi connectivity index (χ0n) is 53.4. The Morgan fingerprint density at radius 1 is 0.430 bits per heavy atom. The number of nitrogens with zero attached hydrogens (tertiary/aromatic N) is 1. The molecule has 0 aromatic rings. The Kier molecular flexibility index (Phi) is 58.1. The van der Waals surface area contributed by atoms with Crippen molar-refractivity contribution in [1.29, 1.82) is 0 Å². The van der Waals surface area contributed by atoms with Gasteiger partial charge in [0.2, 0.25) is 5.91 Å². The smallest absolute Gasteiger partial charge is 0.456 e. The number of unbranched alkanes of at least 4 members (excludes halogenated alkanes) is 43. The Bertz CT molecular complexity index is 1450. The van der Waals surface area contributed by atoms with Crippen molar-refractivity contribution in [2.75, 3.05) is 40.9 Å². The van der Waals surface area contributed by atoms with Gasteiger partial charge in [-0.05, 0) is 83.1 Å². The molecule has 79 heavy (non-hydrogen) atoms. The lowest BCUT2D eigenvalue weighted by Gasteiger charge is -2.27. The molecule has 2 N–H and O–H groups in total. The summed E-state index contributed by atoms with van der Waals surface area (Å²) in [5, 5.41) is 3.07. The molecule has 0 bridgehead atoms. The van der Waals surface area contributed by atoms with Crippen molar-refractivity contribution in [3.05, 3.63) is 36.5 Å². The van der Waals surface area contributed by atoms with Crippen LogP contribution in [0, 0.1) is 0 Å². The Morgan fingerprint density at radius 2 is 0.734 bits per heavy atom. The quantitative estimate of drug-likeness (QED) is 0.0205. The maximum Gasteiger partial charge on any atom is 0.472 e. The lowest BCUT2D eigenvalue weighted by Crippen LogP contribution is -2.47. The van der Waals surface area contributed by atoms with Crippen LogP contribution in [0.3, 0.4) is 0 Å². The third kappa shape index (κ3) is 60.6. The maximum atomic E-state index is 13.6. The number of quaternary nitrogens is 1. The lowest BCUT2D eigenvalue weighted by atomic mass is 10.0. The van der Waals surface area contributed by atoms with Gasteiger partial charge in [-0.15, -0.1) is 0 Å². The summed E-state index contributed by atoms with van der Waals surface area (Å²) in [5.41, 5.74) is 0. The Labute approximate surface area is 491 Å². The largest absolute Gasteiger partial charge is 0.472 e. The predicted octanol–water partition coefficient (Wildman–Crippen LogP) is 21.5. The summed E-state index contributed by atoms with van der Waals surface area (Å²) < 4.78 is 30.8. The molecule has 3 unspecified atom stereocenters. The summed E-state index contributed by atoms with van der Waals surface area (Å²) in [6, 6.07) is -0.847. The van der Waals surface area contributed by atoms with Gasteiger partial charge in [0.05, 0.1) is 33.8 Å². The summed E-state index contributed by atoms with van der Waals surface area (Å²) >= 11 is 0. The van der Waals surface area contributed by atoms with E-state index < -0.39 is 20.0 Å². The van der Waals surface area contributed by atoms with E-state index in [9.17, 15) is 19.0 Å². The van der Waals surface area contributed by atoms with Gasteiger partial charge in [-0.1, -0.05) is 282 Å². The number of carbonyl (C=O) groups is 2. The van der Waals surface area contributed by atoms with E-state index in [0.29, 0.717) is 17.4 Å². The van der Waals surface area contributed by atoms with Crippen LogP contribution in [0.15, 0.2) is 36.5 Å². The molecule has 9 nitrogen and oxygen atoms in total. The fraction of sp³-hybridized carbons (Fsp3) is 0.884. The number of phosphoric acid groups is 1. The summed E-state index contributed by atoms with van der Waals surface area (Å²) in [6.07, 6.45) is 73.0. The number of carbonyl (C=O) groups excluding carboxylic acids is 2. The molecule has 0 aromatic carbocycles. The van der Waals surface area contributed by atoms with E-state index in [2.05, 4.69) is 50.4 Å². The van der Waals surface area contributed by atoms with Crippen LogP contribution in [0.4, 0.5) is 0 Å². The topological polar surface area (TPSA) is 111 Å². The minimum atomic E-state index is -4.45. The van der Waals surface area contributed by atoms with Crippen molar-refractivity contribution in [3.63, 3.8) is 0 Å². The highest BCUT2D eigenvalue weighted by Gasteiger charge is 2.30. The normalized spacial score (nSPS) is 13.8. The highest BCUT2D eigenvalue weighted by molar-refractivity contribution is 7.47. The molecule has 0 fully saturated rings. The number of ether oxygens (including phenoxy) is 1. The number of hydrogen-bond acceptors (Lipinski definition) is 6. The molecule has 0 rings (SSSR count). The van der Waals surface area contributed by atoms with Crippen molar-refractivity contribution in [1.82, 2.24) is 5.32 Å². The van der Waals surface area contributed by atoms with Gasteiger partial charge in [0, 0.05) is 12.8 Å². The second-order valence-electron chi connectivity index (χ2n) is 24.7. The summed E-state index contributed by atoms with van der Waals surface area (Å²) in [7, 11) is 1.51. The molecule has 466 valence electrons. The number of rotatable bonds is 63. The molecule has 0 aliphatic heterocycles. The number of hydrogen-bond donors (Lipinski definition) is 2. The van der Waals surface area contributed by atoms with Crippen LogP contribution in [-0.2, 0) is 27.9 Å². The summed E-state index contributed by atoms with van der Waals surface area (Å²) in [5.74, 6) is -0.495. The average Bonchev–Trinajstić information content (AvgIpc) is 3.41. The lowest BCUT2D eigenvalue weighted by molar-refractivity contribution is -0.870. The van der Waals surface area contributed by atoms with Gasteiger partial charge in [0.15, 0.2) is 0 Å². The molecule has 0 aliphatic rings. The number of nitrogens with one attached hydrogen (secondary N) is 1. The third-order valence-electron chi connectivity index (χ3n) is 15.6. The first-order valence-corrected chi connectivity index (χ1v) is 35.8. The van der Waals surface area contributed by atoms with E-state index in [-0.39, 0.29) is 31.5 Å². The standard InChI is InChI=1S/C69H133N2O7P/c1-7-10-13-16-19-22-25-27-29-31-32-33-34-35-36-37-38-40-41-43-46-49-52-55-58-61-68(72)70-66(65-77-79(74,75)76-64-63-71(4,5)6)67(60-57-54-51-48-45-24-21-18-15-12-9-3)78-69(73)62-59-56-53-50-47-44-42-39-30-28-26-23-20-17-14-11-8-2/h27-30,57,60,66-67H,7-26,31-56,58-59,61-65H2,1-6H3,(H-,70,72,74,75)/p+1/b29-27+,30-28+,60-57-. The predicted molar refractivity (Wildman–Crippen MR) is 342 cm³/mol. The fourth-order valence-corrected chi connectivity index (χ4v) is 11.0. The molecule has 0 saturated heterocycles. The number of allylic oxidation sites excluding steroid dienone is 5. The second kappa shape index (κ2) is 59.4. The van der Waals surface area contributed by atoms with Gasteiger partial charge >= 0.3 is 13.8 Å². The first-order valence-electron chi connectivity index (χ1n) is 34.3. The molecule has 0 heterocycles. The summed E-state index contributed by atoms with van der Waals surface area (Å²) in [4.78, 5) is 37.8. The Morgan fingerprint density at radius 3 is 1.08 bits per heavy atom. The molecule has 0 spiro atoms. The van der Waals surface area contributed by atoms with Gasteiger partial charge in [-0.3, -0.25) is 18.6 Å². The average molecular weight is 1130 g/mol. The zero-order chi connectivity index (χ0) is 57.9. The molecule has 0 saturated carbocycles. The molecule has 0 aliphatic carbocycles. The highest BCUT2D eigenvalue weighted by atomic mass is 31.2. The van der Waals surface area contributed by atoms with Crippen LogP contribution < -0.4 is 5.32 Å². The van der Waals surface area contributed by atoms with Crippen LogP contribution in [-0.4, -0.2) is 74.3 Å². The van der Waals surface area contributed by atoms with Gasteiger partial charge in [0.25, 0.3) is 0 Å². The summed E-state index contributed by atoms with van der Waals surface area (Å²) in [6.45, 7) is 7.04. The highest BCUT2D eigenvalue weighted by Crippen LogP contribution is 2.43. The van der Waals surface area contributed by atoms with Crippen molar-refractivity contribution < 1.29 is 37.3 Å². The van der Waals surface area contributed by atoms with Crippen LogP contribution in [0.1, 0.15) is 342 Å². The van der Waals surface area contributed by atoms with Crippen LogP contribution in [0.5, 0.6) is 0 Å². The monoisotopic (exact) mass is 1130 g/mol. The maximum absolute atomic E-state index is 13.6. The van der Waals surface area contributed by atoms with Gasteiger partial charge in [-0.25, -0.2) is 4.57 Å². The molecular weight excluding hydrogens is 1000 g/mol. The molecular formula is C69H134N2O7P+. The fourth-order valence-electron chi connectivity index (χ4n) is 10.2. The van der Waals surface area contributed by atoms with Gasteiger partial charge < -0.3 is 19.4 Å². The van der Waals surface area contributed by atoms with Crippen molar-refractivity contribution in [2.45, 2.75) is 354 Å². The molecule has 0 aromatic heterocycles. The Hall–Kier alpha value is -1.77. The van der Waals surface area contributed by atoms with E-state index >= 15 is 0 Å². The minimum Gasteiger partial charge on any atom is -0.456 e. The molecule has 3 atom stereocenters.